The van der Waals surface area contributed by atoms with E-state index in [0.717, 1.165) is 38.1 Å². The van der Waals surface area contributed by atoms with Gasteiger partial charge in [-0.3, -0.25) is 4.68 Å². The molecule has 3 aromatic rings. The summed E-state index contributed by atoms with van der Waals surface area (Å²) in [5, 5.41) is 8.35. The van der Waals surface area contributed by atoms with Crippen molar-refractivity contribution in [3.05, 3.63) is 53.8 Å². The Balaban J connectivity index is 1.91. The third kappa shape index (κ3) is 3.07. The summed E-state index contributed by atoms with van der Waals surface area (Å²) in [4.78, 5) is 0. The van der Waals surface area contributed by atoms with E-state index < -0.39 is 17.6 Å². The quantitative estimate of drug-likeness (QED) is 0.664. The zero-order chi connectivity index (χ0) is 18.3. The zero-order valence-electron chi connectivity index (χ0n) is 13.9. The number of aromatic nitrogens is 2. The maximum Gasteiger partial charge on any atom is 0.416 e. The summed E-state index contributed by atoms with van der Waals surface area (Å²) in [6.45, 7) is 1.69. The van der Waals surface area contributed by atoms with Crippen LogP contribution in [-0.4, -0.2) is 22.9 Å². The van der Waals surface area contributed by atoms with E-state index in [2.05, 4.69) is 10.4 Å². The molecular formula is C19H17F4N3. The van der Waals surface area contributed by atoms with E-state index in [1.165, 1.54) is 18.2 Å². The number of rotatable bonds is 2. The number of benzene rings is 2. The number of halogens is 4. The van der Waals surface area contributed by atoms with Crippen molar-refractivity contribution in [2.75, 3.05) is 13.1 Å². The lowest BCUT2D eigenvalue weighted by molar-refractivity contribution is -0.137. The van der Waals surface area contributed by atoms with Gasteiger partial charge in [0.15, 0.2) is 0 Å². The van der Waals surface area contributed by atoms with E-state index in [1.807, 2.05) is 4.68 Å². The van der Waals surface area contributed by atoms with Gasteiger partial charge < -0.3 is 5.32 Å². The van der Waals surface area contributed by atoms with Crippen molar-refractivity contribution in [1.82, 2.24) is 15.1 Å². The fourth-order valence-electron chi connectivity index (χ4n) is 3.47. The molecule has 0 radical (unpaired) electrons. The molecular weight excluding hydrogens is 346 g/mol. The largest absolute Gasteiger partial charge is 0.416 e. The minimum Gasteiger partial charge on any atom is -0.317 e. The van der Waals surface area contributed by atoms with Crippen LogP contribution in [0.5, 0.6) is 0 Å². The van der Waals surface area contributed by atoms with Crippen molar-refractivity contribution < 1.29 is 17.6 Å². The van der Waals surface area contributed by atoms with Crippen LogP contribution in [0.15, 0.2) is 42.5 Å². The standard InChI is InChI=1S/C19H17F4N3/c20-14-4-1-12(2-5-14)18-16-11-13(19(21,22)23)3-6-17(16)26(25-18)15-7-9-24-10-8-15/h1-6,11,15,24H,7-10H2. The molecule has 136 valence electrons. The number of nitrogens with one attached hydrogen (secondary N) is 1. The normalized spacial score (nSPS) is 16.3. The highest BCUT2D eigenvalue weighted by molar-refractivity contribution is 5.94. The fraction of sp³-hybridized carbons (Fsp3) is 0.316. The summed E-state index contributed by atoms with van der Waals surface area (Å²) in [5.74, 6) is -0.396. The van der Waals surface area contributed by atoms with Gasteiger partial charge in [0.1, 0.15) is 11.5 Å². The summed E-state index contributed by atoms with van der Waals surface area (Å²) in [7, 11) is 0. The van der Waals surface area contributed by atoms with Crippen LogP contribution in [0.1, 0.15) is 24.4 Å². The first kappa shape index (κ1) is 17.0. The maximum absolute atomic E-state index is 13.3. The smallest absolute Gasteiger partial charge is 0.317 e. The molecule has 0 spiro atoms. The molecule has 26 heavy (non-hydrogen) atoms. The SMILES string of the molecule is Fc1ccc(-c2nn(C3CCNCC3)c3ccc(C(F)(F)F)cc23)cc1. The van der Waals surface area contributed by atoms with Gasteiger partial charge in [0.2, 0.25) is 0 Å². The van der Waals surface area contributed by atoms with Crippen LogP contribution in [-0.2, 0) is 6.18 Å². The molecule has 1 fully saturated rings. The molecule has 1 aromatic heterocycles. The first-order valence-corrected chi connectivity index (χ1v) is 8.49. The Morgan fingerprint density at radius 2 is 1.69 bits per heavy atom. The molecule has 7 heteroatoms. The van der Waals surface area contributed by atoms with Crippen LogP contribution in [0.3, 0.4) is 0 Å². The van der Waals surface area contributed by atoms with Crippen LogP contribution in [0, 0.1) is 5.82 Å². The lowest BCUT2D eigenvalue weighted by atomic mass is 10.0. The predicted octanol–water partition coefficient (Wildman–Crippen LogP) is 4.79. The molecule has 0 amide bonds. The topological polar surface area (TPSA) is 29.9 Å². The number of piperidine rings is 1. The number of alkyl halides is 3. The molecule has 1 N–H and O–H groups in total. The van der Waals surface area contributed by atoms with Crippen molar-refractivity contribution in [3.8, 4) is 11.3 Å². The van der Waals surface area contributed by atoms with E-state index in [4.69, 9.17) is 0 Å². The summed E-state index contributed by atoms with van der Waals surface area (Å²) < 4.78 is 54.6. The maximum atomic E-state index is 13.3. The third-order valence-corrected chi connectivity index (χ3v) is 4.81. The Bertz CT molecular complexity index is 922. The highest BCUT2D eigenvalue weighted by atomic mass is 19.4. The van der Waals surface area contributed by atoms with Gasteiger partial charge in [0.25, 0.3) is 0 Å². The fourth-order valence-corrected chi connectivity index (χ4v) is 3.47. The average molecular weight is 363 g/mol. The lowest BCUT2D eigenvalue weighted by Crippen LogP contribution is -2.29. The Morgan fingerprint density at radius 1 is 1.00 bits per heavy atom. The molecule has 2 heterocycles. The molecule has 0 aliphatic carbocycles. The van der Waals surface area contributed by atoms with E-state index >= 15 is 0 Å². The van der Waals surface area contributed by atoms with Crippen molar-refractivity contribution in [3.63, 3.8) is 0 Å². The molecule has 4 rings (SSSR count). The Labute approximate surface area is 147 Å². The van der Waals surface area contributed by atoms with Gasteiger partial charge in [-0.15, -0.1) is 0 Å². The second-order valence-corrected chi connectivity index (χ2v) is 6.51. The van der Waals surface area contributed by atoms with Gasteiger partial charge in [-0.05, 0) is 68.4 Å². The molecule has 0 unspecified atom stereocenters. The zero-order valence-corrected chi connectivity index (χ0v) is 13.9. The van der Waals surface area contributed by atoms with Gasteiger partial charge >= 0.3 is 6.18 Å². The summed E-state index contributed by atoms with van der Waals surface area (Å²) in [6.07, 6.45) is -2.70. The van der Waals surface area contributed by atoms with Gasteiger partial charge in [0.05, 0.1) is 17.1 Å². The van der Waals surface area contributed by atoms with E-state index in [0.29, 0.717) is 22.2 Å². The summed E-state index contributed by atoms with van der Waals surface area (Å²) in [6, 6.07) is 9.52. The van der Waals surface area contributed by atoms with Crippen LogP contribution in [0.4, 0.5) is 17.6 Å². The Kier molecular flexibility index (Phi) is 4.19. The summed E-state index contributed by atoms with van der Waals surface area (Å²) in [5.41, 5.74) is 1.01. The van der Waals surface area contributed by atoms with E-state index in [1.54, 1.807) is 12.1 Å². The van der Waals surface area contributed by atoms with Crippen molar-refractivity contribution >= 4 is 10.9 Å². The molecule has 2 aromatic carbocycles. The van der Waals surface area contributed by atoms with E-state index in [9.17, 15) is 17.6 Å². The lowest BCUT2D eigenvalue weighted by Gasteiger charge is -2.23. The molecule has 0 saturated carbocycles. The van der Waals surface area contributed by atoms with Crippen molar-refractivity contribution in [2.24, 2.45) is 0 Å². The van der Waals surface area contributed by atoms with Crippen molar-refractivity contribution in [1.29, 1.82) is 0 Å². The van der Waals surface area contributed by atoms with Crippen molar-refractivity contribution in [2.45, 2.75) is 25.1 Å². The molecule has 0 bridgehead atoms. The van der Waals surface area contributed by atoms with Crippen LogP contribution in [0.25, 0.3) is 22.2 Å². The van der Waals surface area contributed by atoms with Gasteiger partial charge in [-0.1, -0.05) is 0 Å². The number of fused-ring (bicyclic) bond motifs is 1. The Hall–Kier alpha value is -2.41. The first-order chi connectivity index (χ1) is 12.4. The highest BCUT2D eigenvalue weighted by Crippen LogP contribution is 2.37. The molecule has 1 aliphatic heterocycles. The van der Waals surface area contributed by atoms with Crippen LogP contribution in [0.2, 0.25) is 0 Å². The molecule has 1 aliphatic rings. The van der Waals surface area contributed by atoms with Crippen LogP contribution >= 0.6 is 0 Å². The highest BCUT2D eigenvalue weighted by Gasteiger charge is 2.32. The summed E-state index contributed by atoms with van der Waals surface area (Å²) >= 11 is 0. The van der Waals surface area contributed by atoms with Gasteiger partial charge in [-0.25, -0.2) is 4.39 Å². The van der Waals surface area contributed by atoms with Gasteiger partial charge in [0, 0.05) is 10.9 Å². The average Bonchev–Trinajstić information content (AvgIpc) is 3.01. The molecule has 1 saturated heterocycles. The monoisotopic (exact) mass is 363 g/mol. The minimum atomic E-state index is -4.43. The van der Waals surface area contributed by atoms with E-state index in [-0.39, 0.29) is 6.04 Å². The third-order valence-electron chi connectivity index (χ3n) is 4.81. The number of hydrogen-bond acceptors (Lipinski definition) is 2. The minimum absolute atomic E-state index is 0.129. The van der Waals surface area contributed by atoms with Crippen LogP contribution < -0.4 is 5.32 Å². The molecule has 3 nitrogen and oxygen atoms in total. The second-order valence-electron chi connectivity index (χ2n) is 6.51. The number of nitrogens with zero attached hydrogens (tertiary/aromatic N) is 2. The molecule has 0 atom stereocenters. The second kappa shape index (κ2) is 6.39. The first-order valence-electron chi connectivity index (χ1n) is 8.49. The Morgan fingerprint density at radius 3 is 2.35 bits per heavy atom. The number of hydrogen-bond donors (Lipinski definition) is 1. The predicted molar refractivity (Wildman–Crippen MR) is 91.3 cm³/mol. The van der Waals surface area contributed by atoms with Gasteiger partial charge in [-0.2, -0.15) is 18.3 Å².